The first-order chi connectivity index (χ1) is 5.15. The summed E-state index contributed by atoms with van der Waals surface area (Å²) in [6.45, 7) is 3.34. The van der Waals surface area contributed by atoms with Crippen LogP contribution in [0.15, 0.2) is 11.8 Å². The van der Waals surface area contributed by atoms with Crippen molar-refractivity contribution in [3.8, 4) is 0 Å². The van der Waals surface area contributed by atoms with Crippen LogP contribution in [-0.2, 0) is 9.59 Å². The molecule has 4 heteroatoms. The lowest BCUT2D eigenvalue weighted by molar-refractivity contribution is -0.130. The first-order valence-electron chi connectivity index (χ1n) is 3.43. The van der Waals surface area contributed by atoms with Gasteiger partial charge in [0.25, 0.3) is 5.91 Å². The third kappa shape index (κ3) is 1.39. The summed E-state index contributed by atoms with van der Waals surface area (Å²) >= 11 is 0. The maximum Gasteiger partial charge on any atom is 0.268 e. The summed E-state index contributed by atoms with van der Waals surface area (Å²) < 4.78 is 0. The number of hydrogen-bond donors (Lipinski definition) is 2. The normalized spacial score (nSPS) is 28.2. The van der Waals surface area contributed by atoms with Crippen LogP contribution in [-0.4, -0.2) is 17.9 Å². The van der Waals surface area contributed by atoms with E-state index >= 15 is 0 Å². The monoisotopic (exact) mass is 154 g/mol. The second-order valence-electron chi connectivity index (χ2n) is 2.39. The summed E-state index contributed by atoms with van der Waals surface area (Å²) in [6, 6.07) is -0.425. The lowest BCUT2D eigenvalue weighted by atomic mass is 10.2. The minimum Gasteiger partial charge on any atom is -0.339 e. The number of hydrogen-bond acceptors (Lipinski definition) is 2. The first kappa shape index (κ1) is 7.78. The van der Waals surface area contributed by atoms with Crippen LogP contribution in [0, 0.1) is 0 Å². The molecule has 1 fully saturated rings. The van der Waals surface area contributed by atoms with Crippen LogP contribution in [0.4, 0.5) is 0 Å². The van der Waals surface area contributed by atoms with E-state index < -0.39 is 6.04 Å². The molecule has 2 N–H and O–H groups in total. The Morgan fingerprint density at radius 1 is 1.45 bits per heavy atom. The molecule has 2 amide bonds. The molecular weight excluding hydrogens is 144 g/mol. The Labute approximate surface area is 64.7 Å². The molecular formula is C7H10N2O2. The van der Waals surface area contributed by atoms with Crippen molar-refractivity contribution >= 4 is 11.8 Å². The zero-order valence-corrected chi connectivity index (χ0v) is 6.47. The van der Waals surface area contributed by atoms with E-state index in [9.17, 15) is 9.59 Å². The van der Waals surface area contributed by atoms with Crippen LogP contribution in [0.3, 0.4) is 0 Å². The highest BCUT2D eigenvalue weighted by atomic mass is 16.2. The fourth-order valence-electron chi connectivity index (χ4n) is 0.841. The van der Waals surface area contributed by atoms with Gasteiger partial charge in [-0.15, -0.1) is 0 Å². The third-order valence-electron chi connectivity index (χ3n) is 1.53. The summed E-state index contributed by atoms with van der Waals surface area (Å²) in [6.07, 6.45) is 1.57. The van der Waals surface area contributed by atoms with Crippen LogP contribution >= 0.6 is 0 Å². The van der Waals surface area contributed by atoms with Gasteiger partial charge in [0.1, 0.15) is 11.7 Å². The Hall–Kier alpha value is -1.32. The average Bonchev–Trinajstić information content (AvgIpc) is 1.97. The molecule has 0 radical (unpaired) electrons. The zero-order valence-electron chi connectivity index (χ0n) is 6.47. The van der Waals surface area contributed by atoms with Gasteiger partial charge in [0, 0.05) is 0 Å². The standard InChI is InChI=1S/C7H10N2O2/c1-3-5-7(11)8-4(2)6(10)9-5/h3-4H,1-2H3,(H,8,11)(H,9,10)/b5-3+/t4-/m0/s1. The van der Waals surface area contributed by atoms with Crippen molar-refractivity contribution in [1.29, 1.82) is 0 Å². The molecule has 0 aromatic rings. The molecule has 1 aliphatic rings. The zero-order chi connectivity index (χ0) is 8.43. The number of rotatable bonds is 0. The Morgan fingerprint density at radius 3 is 2.64 bits per heavy atom. The maximum absolute atomic E-state index is 11.0. The van der Waals surface area contributed by atoms with Gasteiger partial charge in [0.15, 0.2) is 0 Å². The molecule has 0 unspecified atom stereocenters. The second-order valence-corrected chi connectivity index (χ2v) is 2.39. The molecule has 1 heterocycles. The highest BCUT2D eigenvalue weighted by Crippen LogP contribution is 1.98. The molecule has 1 atom stereocenters. The van der Waals surface area contributed by atoms with Crippen LogP contribution in [0.5, 0.6) is 0 Å². The number of piperazine rings is 1. The fourth-order valence-corrected chi connectivity index (χ4v) is 0.841. The van der Waals surface area contributed by atoms with E-state index in [1.54, 1.807) is 19.9 Å². The first-order valence-corrected chi connectivity index (χ1v) is 3.43. The van der Waals surface area contributed by atoms with Gasteiger partial charge in [0.2, 0.25) is 5.91 Å². The molecule has 1 rings (SSSR count). The Bertz CT molecular complexity index is 233. The molecule has 0 aliphatic carbocycles. The van der Waals surface area contributed by atoms with E-state index in [1.165, 1.54) is 0 Å². The van der Waals surface area contributed by atoms with Gasteiger partial charge in [-0.1, -0.05) is 6.08 Å². The Kier molecular flexibility index (Phi) is 1.94. The number of allylic oxidation sites excluding steroid dienone is 1. The number of amides is 2. The van der Waals surface area contributed by atoms with Crippen molar-refractivity contribution in [2.24, 2.45) is 0 Å². The molecule has 1 aliphatic heterocycles. The molecule has 1 saturated heterocycles. The average molecular weight is 154 g/mol. The Morgan fingerprint density at radius 2 is 2.09 bits per heavy atom. The summed E-state index contributed by atoms with van der Waals surface area (Å²) in [7, 11) is 0. The summed E-state index contributed by atoms with van der Waals surface area (Å²) in [5.74, 6) is -0.391. The topological polar surface area (TPSA) is 58.2 Å². The van der Waals surface area contributed by atoms with Gasteiger partial charge >= 0.3 is 0 Å². The number of carbonyl (C=O) groups is 2. The van der Waals surface area contributed by atoms with Crippen molar-refractivity contribution in [2.45, 2.75) is 19.9 Å². The van der Waals surface area contributed by atoms with Gasteiger partial charge in [-0.25, -0.2) is 0 Å². The molecule has 4 nitrogen and oxygen atoms in total. The van der Waals surface area contributed by atoms with Gasteiger partial charge in [-0.3, -0.25) is 9.59 Å². The van der Waals surface area contributed by atoms with Crippen LogP contribution in [0.2, 0.25) is 0 Å². The van der Waals surface area contributed by atoms with E-state index in [2.05, 4.69) is 10.6 Å². The summed E-state index contributed by atoms with van der Waals surface area (Å²) in [5.41, 5.74) is 0.327. The highest BCUT2D eigenvalue weighted by molar-refractivity contribution is 6.04. The predicted octanol–water partition coefficient (Wildman–Crippen LogP) is -0.475. The van der Waals surface area contributed by atoms with Crippen LogP contribution in [0.1, 0.15) is 13.8 Å². The minimum atomic E-state index is -0.425. The SMILES string of the molecule is C/C=C1/NC(=O)[C@H](C)NC1=O. The lowest BCUT2D eigenvalue weighted by Crippen LogP contribution is -2.53. The molecule has 11 heavy (non-hydrogen) atoms. The molecule has 0 bridgehead atoms. The molecule has 0 saturated carbocycles. The van der Waals surface area contributed by atoms with Crippen molar-refractivity contribution in [2.75, 3.05) is 0 Å². The third-order valence-corrected chi connectivity index (χ3v) is 1.53. The summed E-state index contributed by atoms with van der Waals surface area (Å²) in [5, 5.41) is 4.99. The predicted molar refractivity (Wildman–Crippen MR) is 39.5 cm³/mol. The number of nitrogens with one attached hydrogen (secondary N) is 2. The quantitative estimate of drug-likeness (QED) is 0.463. The van der Waals surface area contributed by atoms with Gasteiger partial charge < -0.3 is 10.6 Å². The highest BCUT2D eigenvalue weighted by Gasteiger charge is 2.24. The summed E-state index contributed by atoms with van der Waals surface area (Å²) in [4.78, 5) is 21.9. The maximum atomic E-state index is 11.0. The largest absolute Gasteiger partial charge is 0.339 e. The minimum absolute atomic E-state index is 0.169. The fraction of sp³-hybridized carbons (Fsp3) is 0.429. The van der Waals surface area contributed by atoms with Gasteiger partial charge in [0.05, 0.1) is 0 Å². The lowest BCUT2D eigenvalue weighted by Gasteiger charge is -2.21. The molecule has 0 aromatic carbocycles. The van der Waals surface area contributed by atoms with Crippen molar-refractivity contribution in [1.82, 2.24) is 10.6 Å². The molecule has 60 valence electrons. The molecule has 0 aromatic heterocycles. The smallest absolute Gasteiger partial charge is 0.268 e. The van der Waals surface area contributed by atoms with Crippen LogP contribution in [0.25, 0.3) is 0 Å². The Balaban J connectivity index is 2.78. The van der Waals surface area contributed by atoms with Gasteiger partial charge in [-0.2, -0.15) is 0 Å². The van der Waals surface area contributed by atoms with Crippen molar-refractivity contribution in [3.63, 3.8) is 0 Å². The van der Waals surface area contributed by atoms with E-state index in [0.717, 1.165) is 0 Å². The van der Waals surface area contributed by atoms with E-state index in [4.69, 9.17) is 0 Å². The van der Waals surface area contributed by atoms with Crippen molar-refractivity contribution in [3.05, 3.63) is 11.8 Å². The van der Waals surface area contributed by atoms with Crippen molar-refractivity contribution < 1.29 is 9.59 Å². The van der Waals surface area contributed by atoms with Gasteiger partial charge in [-0.05, 0) is 13.8 Å². The number of carbonyl (C=O) groups excluding carboxylic acids is 2. The molecule has 0 spiro atoms. The van der Waals surface area contributed by atoms with E-state index in [-0.39, 0.29) is 11.8 Å². The van der Waals surface area contributed by atoms with E-state index in [1.807, 2.05) is 0 Å². The van der Waals surface area contributed by atoms with Crippen LogP contribution < -0.4 is 10.6 Å². The second kappa shape index (κ2) is 2.74. The van der Waals surface area contributed by atoms with E-state index in [0.29, 0.717) is 5.70 Å².